The molecule has 1 aromatic carbocycles. The van der Waals surface area contributed by atoms with E-state index in [-0.39, 0.29) is 6.04 Å². The Balaban J connectivity index is 1.66. The molecule has 0 N–H and O–H groups in total. The Morgan fingerprint density at radius 3 is 2.90 bits per heavy atom. The summed E-state index contributed by atoms with van der Waals surface area (Å²) in [5, 5.41) is 0. The third kappa shape index (κ3) is 1.73. The fraction of sp³-hybridized carbons (Fsp3) is 0.412. The van der Waals surface area contributed by atoms with Crippen LogP contribution in [0.5, 0.6) is 0 Å². The molecule has 102 valence electrons. The van der Waals surface area contributed by atoms with Gasteiger partial charge in [-0.3, -0.25) is 4.79 Å². The molecule has 4 rings (SSSR count). The lowest BCUT2D eigenvalue weighted by atomic mass is 9.93. The number of ketones is 1. The van der Waals surface area contributed by atoms with Crippen LogP contribution in [0.2, 0.25) is 0 Å². The predicted molar refractivity (Wildman–Crippen MR) is 77.4 cm³/mol. The molecule has 3 nitrogen and oxygen atoms in total. The first-order chi connectivity index (χ1) is 9.84. The van der Waals surface area contributed by atoms with Crippen LogP contribution in [0.3, 0.4) is 0 Å². The van der Waals surface area contributed by atoms with Crippen LogP contribution in [0, 0.1) is 5.92 Å². The van der Waals surface area contributed by atoms with Crippen LogP contribution < -0.4 is 0 Å². The zero-order valence-electron chi connectivity index (χ0n) is 11.5. The summed E-state index contributed by atoms with van der Waals surface area (Å²) in [6.45, 7) is 0. The quantitative estimate of drug-likeness (QED) is 0.850. The topological polar surface area (TPSA) is 34.9 Å². The summed E-state index contributed by atoms with van der Waals surface area (Å²) >= 11 is 0. The Labute approximate surface area is 118 Å². The monoisotopic (exact) mass is 266 g/mol. The van der Waals surface area contributed by atoms with E-state index in [4.69, 9.17) is 0 Å². The smallest absolute Gasteiger partial charge is 0.138 e. The maximum Gasteiger partial charge on any atom is 0.138 e. The van der Waals surface area contributed by atoms with E-state index in [0.29, 0.717) is 18.1 Å². The third-order valence-electron chi connectivity index (χ3n) is 4.80. The van der Waals surface area contributed by atoms with Crippen molar-refractivity contribution in [1.29, 1.82) is 0 Å². The highest BCUT2D eigenvalue weighted by Crippen LogP contribution is 2.41. The molecule has 0 radical (unpaired) electrons. The molecule has 0 bridgehead atoms. The summed E-state index contributed by atoms with van der Waals surface area (Å²) in [5.41, 5.74) is 3.65. The van der Waals surface area contributed by atoms with Crippen molar-refractivity contribution in [2.24, 2.45) is 5.92 Å². The lowest BCUT2D eigenvalue weighted by Gasteiger charge is -2.16. The van der Waals surface area contributed by atoms with E-state index in [2.05, 4.69) is 33.8 Å². The molecule has 0 amide bonds. The van der Waals surface area contributed by atoms with Crippen molar-refractivity contribution in [1.82, 2.24) is 9.55 Å². The van der Waals surface area contributed by atoms with Crippen molar-refractivity contribution in [2.45, 2.75) is 38.1 Å². The first-order valence-electron chi connectivity index (χ1n) is 7.48. The van der Waals surface area contributed by atoms with E-state index < -0.39 is 0 Å². The summed E-state index contributed by atoms with van der Waals surface area (Å²) in [5.74, 6) is 0.735. The molecule has 1 fully saturated rings. The number of carbonyl (C=O) groups excluding carboxylic acids is 1. The Kier molecular flexibility index (Phi) is 2.72. The summed E-state index contributed by atoms with van der Waals surface area (Å²) in [6, 6.07) is 8.54. The van der Waals surface area contributed by atoms with Crippen molar-refractivity contribution in [3.63, 3.8) is 0 Å². The zero-order valence-corrected chi connectivity index (χ0v) is 11.5. The fourth-order valence-corrected chi connectivity index (χ4v) is 3.75. The van der Waals surface area contributed by atoms with Crippen LogP contribution in [0.4, 0.5) is 0 Å². The van der Waals surface area contributed by atoms with Crippen molar-refractivity contribution in [3.8, 4) is 11.3 Å². The van der Waals surface area contributed by atoms with Gasteiger partial charge in [-0.2, -0.15) is 0 Å². The van der Waals surface area contributed by atoms with Crippen molar-refractivity contribution in [2.75, 3.05) is 0 Å². The lowest BCUT2D eigenvalue weighted by molar-refractivity contribution is -0.123. The van der Waals surface area contributed by atoms with Crippen LogP contribution in [-0.2, 0) is 4.79 Å². The number of Topliss-reactive ketones (excluding diaryl/α,β-unsaturated/α-hetero) is 1. The summed E-state index contributed by atoms with van der Waals surface area (Å²) < 4.78 is 2.16. The Morgan fingerprint density at radius 1 is 1.25 bits per heavy atom. The number of rotatable bonds is 3. The average molecular weight is 266 g/mol. The Morgan fingerprint density at radius 2 is 2.05 bits per heavy atom. The van der Waals surface area contributed by atoms with Crippen molar-refractivity contribution in [3.05, 3.63) is 42.4 Å². The molecule has 0 spiro atoms. The number of fused-ring (bicyclic) bond motifs is 3. The Hall–Kier alpha value is -1.90. The van der Waals surface area contributed by atoms with Crippen molar-refractivity contribution >= 4 is 5.78 Å². The van der Waals surface area contributed by atoms with Gasteiger partial charge in [0, 0.05) is 17.9 Å². The highest BCUT2D eigenvalue weighted by molar-refractivity contribution is 5.83. The van der Waals surface area contributed by atoms with Crippen LogP contribution in [0.1, 0.15) is 43.7 Å². The number of hydrogen-bond acceptors (Lipinski definition) is 2. The second-order valence-electron chi connectivity index (χ2n) is 5.94. The molecule has 2 aliphatic rings. The minimum Gasteiger partial charge on any atom is -0.323 e. The third-order valence-corrected chi connectivity index (χ3v) is 4.80. The standard InChI is InChI=1S/C17H18N2O/c20-17(12-5-1-2-6-12)9-15-13-7-3-4-8-14(13)16-10-18-11-19(15)16/h3-4,7-8,10-12,15H,1-2,5-6,9H2. The van der Waals surface area contributed by atoms with E-state index in [0.717, 1.165) is 18.5 Å². The molecule has 1 aliphatic carbocycles. The van der Waals surface area contributed by atoms with Gasteiger partial charge in [0.1, 0.15) is 5.78 Å². The molecule has 1 unspecified atom stereocenters. The van der Waals surface area contributed by atoms with E-state index >= 15 is 0 Å². The number of carbonyl (C=O) groups is 1. The minimum atomic E-state index is 0.150. The van der Waals surface area contributed by atoms with Gasteiger partial charge < -0.3 is 4.57 Å². The van der Waals surface area contributed by atoms with Gasteiger partial charge in [-0.15, -0.1) is 0 Å². The maximum atomic E-state index is 12.5. The maximum absolute atomic E-state index is 12.5. The molecule has 3 heteroatoms. The van der Waals surface area contributed by atoms with Gasteiger partial charge in [0.2, 0.25) is 0 Å². The highest BCUT2D eigenvalue weighted by atomic mass is 16.1. The van der Waals surface area contributed by atoms with Crippen LogP contribution in [0.15, 0.2) is 36.8 Å². The van der Waals surface area contributed by atoms with E-state index in [1.165, 1.54) is 24.0 Å². The lowest BCUT2D eigenvalue weighted by Crippen LogP contribution is -2.17. The zero-order chi connectivity index (χ0) is 13.5. The molecule has 20 heavy (non-hydrogen) atoms. The SMILES string of the molecule is O=C(CC1c2ccccc2-c2cncn21)C1CCCC1. The molecular formula is C17H18N2O. The van der Waals surface area contributed by atoms with Crippen molar-refractivity contribution < 1.29 is 4.79 Å². The normalized spacial score (nSPS) is 20.9. The molecule has 1 aromatic heterocycles. The van der Waals surface area contributed by atoms with Gasteiger partial charge in [0.05, 0.1) is 24.3 Å². The van der Waals surface area contributed by atoms with Crippen LogP contribution in [-0.4, -0.2) is 15.3 Å². The average Bonchev–Trinajstić information content (AvgIpc) is 3.17. The fourth-order valence-electron chi connectivity index (χ4n) is 3.75. The van der Waals surface area contributed by atoms with E-state index in [1.807, 2.05) is 12.5 Å². The largest absolute Gasteiger partial charge is 0.323 e. The molecule has 1 saturated carbocycles. The first-order valence-corrected chi connectivity index (χ1v) is 7.48. The van der Waals surface area contributed by atoms with Gasteiger partial charge >= 0.3 is 0 Å². The molecule has 2 heterocycles. The van der Waals surface area contributed by atoms with Crippen LogP contribution >= 0.6 is 0 Å². The Bertz CT molecular complexity index is 653. The second-order valence-corrected chi connectivity index (χ2v) is 5.94. The number of imidazole rings is 1. The van der Waals surface area contributed by atoms with Gasteiger partial charge in [-0.1, -0.05) is 37.1 Å². The number of benzene rings is 1. The second kappa shape index (κ2) is 4.58. The molecule has 2 aromatic rings. The number of hydrogen-bond donors (Lipinski definition) is 0. The molecular weight excluding hydrogens is 248 g/mol. The summed E-state index contributed by atoms with van der Waals surface area (Å²) in [6.07, 6.45) is 8.99. The first kappa shape index (κ1) is 11.9. The predicted octanol–water partition coefficient (Wildman–Crippen LogP) is 3.60. The molecule has 0 saturated heterocycles. The molecule has 1 aliphatic heterocycles. The summed E-state index contributed by atoms with van der Waals surface area (Å²) in [4.78, 5) is 16.8. The highest BCUT2D eigenvalue weighted by Gasteiger charge is 2.32. The van der Waals surface area contributed by atoms with Gasteiger partial charge in [-0.05, 0) is 18.4 Å². The summed E-state index contributed by atoms with van der Waals surface area (Å²) in [7, 11) is 0. The van der Waals surface area contributed by atoms with Gasteiger partial charge in [0.25, 0.3) is 0 Å². The van der Waals surface area contributed by atoms with Gasteiger partial charge in [0.15, 0.2) is 0 Å². The van der Waals surface area contributed by atoms with E-state index in [1.54, 1.807) is 0 Å². The number of aromatic nitrogens is 2. The van der Waals surface area contributed by atoms with E-state index in [9.17, 15) is 4.79 Å². The minimum absolute atomic E-state index is 0.150. The van der Waals surface area contributed by atoms with Crippen LogP contribution in [0.25, 0.3) is 11.3 Å². The number of nitrogens with zero attached hydrogens (tertiary/aromatic N) is 2. The van der Waals surface area contributed by atoms with Gasteiger partial charge in [-0.25, -0.2) is 4.98 Å². The molecule has 1 atom stereocenters.